The topological polar surface area (TPSA) is 75.6 Å². The Labute approximate surface area is 124 Å². The van der Waals surface area contributed by atoms with Gasteiger partial charge in [-0.25, -0.2) is 0 Å². The van der Waals surface area contributed by atoms with Gasteiger partial charge in [-0.3, -0.25) is 9.59 Å². The minimum absolute atomic E-state index is 0.0610. The van der Waals surface area contributed by atoms with Crippen molar-refractivity contribution in [2.45, 2.75) is 32.3 Å². The molecule has 1 aromatic carbocycles. The molecule has 114 valence electrons. The van der Waals surface area contributed by atoms with Crippen LogP contribution in [0.25, 0.3) is 0 Å². The summed E-state index contributed by atoms with van der Waals surface area (Å²) in [5.74, 6) is -1.29. The molecular weight excluding hydrogens is 270 g/mol. The molecule has 1 aliphatic heterocycles. The molecule has 5 nitrogen and oxygen atoms in total. The molecule has 2 N–H and O–H groups in total. The van der Waals surface area contributed by atoms with E-state index in [0.717, 1.165) is 24.0 Å². The molecule has 2 atom stereocenters. The fourth-order valence-corrected chi connectivity index (χ4v) is 2.56. The number of aryl methyl sites for hydroxylation is 1. The normalized spacial score (nSPS) is 21.8. The standard InChI is InChI=1S/C16H21NO4/c1-11-4-6-12(7-5-11)15-13(3-2-10-21-15)16(20)17-9-8-14(18)19/h4-7,13,15H,2-3,8-10H2,1H3,(H,17,20)(H,18,19)/t13-,15-/m1/s1. The Morgan fingerprint density at radius 1 is 1.33 bits per heavy atom. The highest BCUT2D eigenvalue weighted by Crippen LogP contribution is 2.33. The first kappa shape index (κ1) is 15.5. The lowest BCUT2D eigenvalue weighted by atomic mass is 9.88. The Bertz CT molecular complexity index is 498. The van der Waals surface area contributed by atoms with E-state index in [1.807, 2.05) is 31.2 Å². The zero-order valence-electron chi connectivity index (χ0n) is 12.2. The van der Waals surface area contributed by atoms with E-state index in [2.05, 4.69) is 5.32 Å². The number of carbonyl (C=O) groups is 2. The van der Waals surface area contributed by atoms with Gasteiger partial charge >= 0.3 is 5.97 Å². The van der Waals surface area contributed by atoms with Gasteiger partial charge in [-0.05, 0) is 25.3 Å². The summed E-state index contributed by atoms with van der Waals surface area (Å²) in [5.41, 5.74) is 2.16. The van der Waals surface area contributed by atoms with Crippen LogP contribution in [0.5, 0.6) is 0 Å². The summed E-state index contributed by atoms with van der Waals surface area (Å²) in [6, 6.07) is 7.99. The van der Waals surface area contributed by atoms with Crippen molar-refractivity contribution in [3.05, 3.63) is 35.4 Å². The molecule has 2 rings (SSSR count). The van der Waals surface area contributed by atoms with Crippen molar-refractivity contribution in [1.29, 1.82) is 0 Å². The van der Waals surface area contributed by atoms with Gasteiger partial charge in [-0.2, -0.15) is 0 Å². The lowest BCUT2D eigenvalue weighted by Gasteiger charge is -2.31. The van der Waals surface area contributed by atoms with E-state index >= 15 is 0 Å². The third-order valence-corrected chi connectivity index (χ3v) is 3.70. The predicted octanol–water partition coefficient (Wildman–Crippen LogP) is 2.05. The number of carboxylic acid groups (broad SMARTS) is 1. The van der Waals surface area contributed by atoms with E-state index in [0.29, 0.717) is 6.61 Å². The summed E-state index contributed by atoms with van der Waals surface area (Å²) in [5, 5.41) is 11.3. The molecule has 0 bridgehead atoms. The number of amides is 1. The number of rotatable bonds is 5. The van der Waals surface area contributed by atoms with E-state index in [1.165, 1.54) is 0 Å². The summed E-state index contributed by atoms with van der Waals surface area (Å²) in [6.07, 6.45) is 1.30. The Morgan fingerprint density at radius 3 is 2.71 bits per heavy atom. The highest BCUT2D eigenvalue weighted by molar-refractivity contribution is 5.80. The molecule has 1 amide bonds. The number of nitrogens with one attached hydrogen (secondary N) is 1. The van der Waals surface area contributed by atoms with Gasteiger partial charge in [0.1, 0.15) is 0 Å². The van der Waals surface area contributed by atoms with Crippen molar-refractivity contribution in [2.75, 3.05) is 13.2 Å². The van der Waals surface area contributed by atoms with Crippen LogP contribution in [0.3, 0.4) is 0 Å². The van der Waals surface area contributed by atoms with Crippen LogP contribution in [0.4, 0.5) is 0 Å². The van der Waals surface area contributed by atoms with Crippen LogP contribution in [0.2, 0.25) is 0 Å². The second-order valence-electron chi connectivity index (χ2n) is 5.39. The molecule has 1 saturated heterocycles. The second kappa shape index (κ2) is 7.22. The molecule has 21 heavy (non-hydrogen) atoms. The lowest BCUT2D eigenvalue weighted by molar-refractivity contribution is -0.137. The predicted molar refractivity (Wildman–Crippen MR) is 77.9 cm³/mol. The molecule has 1 fully saturated rings. The van der Waals surface area contributed by atoms with Crippen molar-refractivity contribution >= 4 is 11.9 Å². The highest BCUT2D eigenvalue weighted by Gasteiger charge is 2.32. The number of carbonyl (C=O) groups excluding carboxylic acids is 1. The number of carboxylic acids is 1. The second-order valence-corrected chi connectivity index (χ2v) is 5.39. The monoisotopic (exact) mass is 291 g/mol. The molecular formula is C16H21NO4. The van der Waals surface area contributed by atoms with Crippen molar-refractivity contribution in [3.8, 4) is 0 Å². The Hall–Kier alpha value is -1.88. The fourth-order valence-electron chi connectivity index (χ4n) is 2.56. The number of benzene rings is 1. The van der Waals surface area contributed by atoms with Crippen molar-refractivity contribution in [1.82, 2.24) is 5.32 Å². The van der Waals surface area contributed by atoms with Crippen LogP contribution in [-0.2, 0) is 14.3 Å². The van der Waals surface area contributed by atoms with Crippen molar-refractivity contribution < 1.29 is 19.4 Å². The smallest absolute Gasteiger partial charge is 0.305 e. The molecule has 0 unspecified atom stereocenters. The van der Waals surface area contributed by atoms with Gasteiger partial charge < -0.3 is 15.2 Å². The molecule has 1 aliphatic rings. The Balaban J connectivity index is 2.02. The third kappa shape index (κ3) is 4.29. The number of hydrogen-bond donors (Lipinski definition) is 2. The average Bonchev–Trinajstić information content (AvgIpc) is 2.47. The van der Waals surface area contributed by atoms with Gasteiger partial charge in [0.05, 0.1) is 18.4 Å². The molecule has 0 spiro atoms. The number of hydrogen-bond acceptors (Lipinski definition) is 3. The maximum absolute atomic E-state index is 12.2. The summed E-state index contributed by atoms with van der Waals surface area (Å²) < 4.78 is 5.79. The summed E-state index contributed by atoms with van der Waals surface area (Å²) >= 11 is 0. The van der Waals surface area contributed by atoms with Crippen LogP contribution in [0, 0.1) is 12.8 Å². The Kier molecular flexibility index (Phi) is 5.33. The number of ether oxygens (including phenoxy) is 1. The van der Waals surface area contributed by atoms with E-state index < -0.39 is 5.97 Å². The minimum atomic E-state index is -0.912. The van der Waals surface area contributed by atoms with E-state index in [-0.39, 0.29) is 30.9 Å². The van der Waals surface area contributed by atoms with Crippen LogP contribution in [0.15, 0.2) is 24.3 Å². The molecule has 0 saturated carbocycles. The van der Waals surface area contributed by atoms with Crippen LogP contribution >= 0.6 is 0 Å². The van der Waals surface area contributed by atoms with Crippen LogP contribution in [0.1, 0.15) is 36.5 Å². The Morgan fingerprint density at radius 2 is 2.05 bits per heavy atom. The van der Waals surface area contributed by atoms with Gasteiger partial charge in [-0.1, -0.05) is 29.8 Å². The van der Waals surface area contributed by atoms with E-state index in [9.17, 15) is 9.59 Å². The third-order valence-electron chi connectivity index (χ3n) is 3.70. The van der Waals surface area contributed by atoms with Gasteiger partial charge in [-0.15, -0.1) is 0 Å². The zero-order valence-corrected chi connectivity index (χ0v) is 12.2. The van der Waals surface area contributed by atoms with E-state index in [4.69, 9.17) is 9.84 Å². The molecule has 1 heterocycles. The first-order valence-corrected chi connectivity index (χ1v) is 7.25. The highest BCUT2D eigenvalue weighted by atomic mass is 16.5. The quantitative estimate of drug-likeness (QED) is 0.870. The summed E-state index contributed by atoms with van der Waals surface area (Å²) in [4.78, 5) is 22.7. The van der Waals surface area contributed by atoms with Gasteiger partial charge in [0, 0.05) is 13.2 Å². The molecule has 1 aromatic rings. The molecule has 0 radical (unpaired) electrons. The molecule has 5 heteroatoms. The molecule has 0 aliphatic carbocycles. The first-order valence-electron chi connectivity index (χ1n) is 7.25. The van der Waals surface area contributed by atoms with Crippen LogP contribution in [-0.4, -0.2) is 30.1 Å². The molecule has 0 aromatic heterocycles. The lowest BCUT2D eigenvalue weighted by Crippen LogP contribution is -2.38. The van der Waals surface area contributed by atoms with E-state index in [1.54, 1.807) is 0 Å². The summed E-state index contributed by atoms with van der Waals surface area (Å²) in [7, 11) is 0. The SMILES string of the molecule is Cc1ccc([C@H]2OCCC[C@H]2C(=O)NCCC(=O)O)cc1. The maximum atomic E-state index is 12.2. The zero-order chi connectivity index (χ0) is 15.2. The van der Waals surface area contributed by atoms with Gasteiger partial charge in [0.15, 0.2) is 0 Å². The van der Waals surface area contributed by atoms with Crippen molar-refractivity contribution in [3.63, 3.8) is 0 Å². The summed E-state index contributed by atoms with van der Waals surface area (Å²) in [6.45, 7) is 2.82. The fraction of sp³-hybridized carbons (Fsp3) is 0.500. The van der Waals surface area contributed by atoms with Crippen LogP contribution < -0.4 is 5.32 Å². The number of aliphatic carboxylic acids is 1. The largest absolute Gasteiger partial charge is 0.481 e. The van der Waals surface area contributed by atoms with Crippen molar-refractivity contribution in [2.24, 2.45) is 5.92 Å². The average molecular weight is 291 g/mol. The van der Waals surface area contributed by atoms with Gasteiger partial charge in [0.25, 0.3) is 0 Å². The van der Waals surface area contributed by atoms with Gasteiger partial charge in [0.2, 0.25) is 5.91 Å². The maximum Gasteiger partial charge on any atom is 0.305 e. The minimum Gasteiger partial charge on any atom is -0.481 e. The first-order chi connectivity index (χ1) is 10.1.